The monoisotopic (exact) mass is 257 g/mol. The Hall–Kier alpha value is -1.31. The Balaban J connectivity index is 1.57. The minimum atomic E-state index is 0.0693. The third kappa shape index (κ3) is 2.18. The van der Waals surface area contributed by atoms with Crippen molar-refractivity contribution in [2.24, 2.45) is 23.2 Å². The molecule has 0 heterocycles. The van der Waals surface area contributed by atoms with Crippen LogP contribution < -0.4 is 5.32 Å². The first-order chi connectivity index (χ1) is 9.09. The van der Waals surface area contributed by atoms with Gasteiger partial charge < -0.3 is 5.32 Å². The molecule has 4 rings (SSSR count). The Morgan fingerprint density at radius 1 is 1.26 bits per heavy atom. The highest BCUT2D eigenvalue weighted by Crippen LogP contribution is 2.61. The molecule has 0 radical (unpaired) electrons. The average Bonchev–Trinajstić information content (AvgIpc) is 2.45. The van der Waals surface area contributed by atoms with Crippen LogP contribution in [0.2, 0.25) is 0 Å². The number of benzene rings is 1. The largest absolute Gasteiger partial charge is 0.352 e. The van der Waals surface area contributed by atoms with Gasteiger partial charge in [-0.15, -0.1) is 0 Å². The zero-order valence-corrected chi connectivity index (χ0v) is 11.9. The molecule has 2 nitrogen and oxygen atoms in total. The molecule has 3 saturated carbocycles. The van der Waals surface area contributed by atoms with Gasteiger partial charge in [0.1, 0.15) is 0 Å². The number of hydrogen-bond acceptors (Lipinski definition) is 1. The van der Waals surface area contributed by atoms with E-state index in [1.165, 1.54) is 19.3 Å². The van der Waals surface area contributed by atoms with E-state index in [0.29, 0.717) is 11.3 Å². The summed E-state index contributed by atoms with van der Waals surface area (Å²) >= 11 is 0. The summed E-state index contributed by atoms with van der Waals surface area (Å²) in [7, 11) is 0. The topological polar surface area (TPSA) is 29.1 Å². The van der Waals surface area contributed by atoms with Crippen LogP contribution in [0.1, 0.15) is 43.5 Å². The Bertz CT molecular complexity index is 463. The molecule has 1 aromatic carbocycles. The molecule has 3 fully saturated rings. The Kier molecular flexibility index (Phi) is 3.12. The van der Waals surface area contributed by atoms with Crippen LogP contribution >= 0.6 is 0 Å². The predicted molar refractivity (Wildman–Crippen MR) is 76.9 cm³/mol. The summed E-state index contributed by atoms with van der Waals surface area (Å²) in [6, 6.07) is 9.51. The maximum absolute atomic E-state index is 12.1. The number of amides is 1. The highest BCUT2D eigenvalue weighted by molar-refractivity contribution is 5.94. The number of nitrogens with one attached hydrogen (secondary N) is 1. The summed E-state index contributed by atoms with van der Waals surface area (Å²) in [4.78, 5) is 12.1. The summed E-state index contributed by atoms with van der Waals surface area (Å²) in [5.74, 6) is 2.48. The van der Waals surface area contributed by atoms with Gasteiger partial charge in [0.2, 0.25) is 0 Å². The average molecular weight is 257 g/mol. The summed E-state index contributed by atoms with van der Waals surface area (Å²) < 4.78 is 0. The van der Waals surface area contributed by atoms with Gasteiger partial charge in [0.25, 0.3) is 5.91 Å². The first-order valence-electron chi connectivity index (χ1n) is 7.42. The van der Waals surface area contributed by atoms with Gasteiger partial charge in [-0.25, -0.2) is 0 Å². The maximum atomic E-state index is 12.1. The van der Waals surface area contributed by atoms with Crippen LogP contribution in [-0.2, 0) is 0 Å². The lowest BCUT2D eigenvalue weighted by atomic mass is 9.45. The van der Waals surface area contributed by atoms with Crippen molar-refractivity contribution in [1.29, 1.82) is 0 Å². The Labute approximate surface area is 115 Å². The van der Waals surface area contributed by atoms with Gasteiger partial charge >= 0.3 is 0 Å². The molecule has 0 aromatic heterocycles. The van der Waals surface area contributed by atoms with E-state index in [-0.39, 0.29) is 5.91 Å². The molecular weight excluding hydrogens is 234 g/mol. The molecule has 3 aliphatic carbocycles. The van der Waals surface area contributed by atoms with Gasteiger partial charge in [-0.1, -0.05) is 32.0 Å². The fourth-order valence-electron chi connectivity index (χ4n) is 4.12. The fourth-order valence-corrected chi connectivity index (χ4v) is 4.12. The summed E-state index contributed by atoms with van der Waals surface area (Å²) in [5, 5.41) is 3.12. The SMILES string of the molecule is CC1(C)[C@H]2CC[C@@H](CNC(=O)c3ccccc3)[C@@H]1C2. The first kappa shape index (κ1) is 12.7. The van der Waals surface area contributed by atoms with E-state index in [2.05, 4.69) is 19.2 Å². The fraction of sp³-hybridized carbons (Fsp3) is 0.588. The molecule has 3 aliphatic rings. The number of carbonyl (C=O) groups excluding carboxylic acids is 1. The minimum Gasteiger partial charge on any atom is -0.352 e. The van der Waals surface area contributed by atoms with Crippen LogP contribution in [0.25, 0.3) is 0 Å². The van der Waals surface area contributed by atoms with Crippen LogP contribution in [-0.4, -0.2) is 12.5 Å². The van der Waals surface area contributed by atoms with Gasteiger partial charge in [-0.05, 0) is 54.6 Å². The summed E-state index contributed by atoms with van der Waals surface area (Å²) in [5.41, 5.74) is 1.27. The molecule has 0 unspecified atom stereocenters. The normalized spacial score (nSPS) is 31.4. The first-order valence-corrected chi connectivity index (χ1v) is 7.42. The number of carbonyl (C=O) groups is 1. The second kappa shape index (κ2) is 4.66. The van der Waals surface area contributed by atoms with E-state index < -0.39 is 0 Å². The smallest absolute Gasteiger partial charge is 0.251 e. The van der Waals surface area contributed by atoms with Crippen LogP contribution in [0.4, 0.5) is 0 Å². The van der Waals surface area contributed by atoms with Gasteiger partial charge in [0.05, 0.1) is 0 Å². The van der Waals surface area contributed by atoms with E-state index in [0.717, 1.165) is 23.9 Å². The molecule has 1 N–H and O–H groups in total. The highest BCUT2D eigenvalue weighted by atomic mass is 16.1. The quantitative estimate of drug-likeness (QED) is 0.882. The standard InChI is InChI=1S/C17H23NO/c1-17(2)14-9-8-13(15(17)10-14)11-18-16(19)12-6-4-3-5-7-12/h3-7,13-15H,8-11H2,1-2H3,(H,18,19)/t13-,14-,15-/m0/s1. The van der Waals surface area contributed by atoms with Crippen molar-refractivity contribution in [2.75, 3.05) is 6.54 Å². The molecule has 19 heavy (non-hydrogen) atoms. The number of fused-ring (bicyclic) bond motifs is 2. The van der Waals surface area contributed by atoms with Crippen molar-refractivity contribution < 1.29 is 4.79 Å². The third-order valence-electron chi connectivity index (χ3n) is 5.56. The highest BCUT2D eigenvalue weighted by Gasteiger charge is 2.53. The van der Waals surface area contributed by atoms with E-state index in [4.69, 9.17) is 0 Å². The van der Waals surface area contributed by atoms with Crippen molar-refractivity contribution in [2.45, 2.75) is 33.1 Å². The third-order valence-corrected chi connectivity index (χ3v) is 5.56. The summed E-state index contributed by atoms with van der Waals surface area (Å²) in [6.07, 6.45) is 4.00. The van der Waals surface area contributed by atoms with Crippen molar-refractivity contribution in [3.63, 3.8) is 0 Å². The van der Waals surface area contributed by atoms with Crippen LogP contribution in [0, 0.1) is 23.2 Å². The molecule has 0 aliphatic heterocycles. The zero-order valence-electron chi connectivity index (χ0n) is 11.9. The van der Waals surface area contributed by atoms with Gasteiger partial charge in [0, 0.05) is 12.1 Å². The lowest BCUT2D eigenvalue weighted by Gasteiger charge is -2.60. The zero-order chi connectivity index (χ0) is 13.5. The molecule has 102 valence electrons. The van der Waals surface area contributed by atoms with E-state index in [1.54, 1.807) is 0 Å². The van der Waals surface area contributed by atoms with E-state index >= 15 is 0 Å². The van der Waals surface area contributed by atoms with Crippen LogP contribution in [0.3, 0.4) is 0 Å². The van der Waals surface area contributed by atoms with Crippen molar-refractivity contribution in [3.8, 4) is 0 Å². The minimum absolute atomic E-state index is 0.0693. The van der Waals surface area contributed by atoms with Crippen LogP contribution in [0.15, 0.2) is 30.3 Å². The molecule has 2 bridgehead atoms. The lowest BCUT2D eigenvalue weighted by molar-refractivity contribution is -0.103. The molecule has 0 spiro atoms. The second-order valence-corrected chi connectivity index (χ2v) is 6.77. The molecule has 2 heteroatoms. The van der Waals surface area contributed by atoms with Crippen LogP contribution in [0.5, 0.6) is 0 Å². The molecule has 0 saturated heterocycles. The molecule has 1 amide bonds. The maximum Gasteiger partial charge on any atom is 0.251 e. The lowest BCUT2D eigenvalue weighted by Crippen LogP contribution is -2.54. The Morgan fingerprint density at radius 3 is 2.63 bits per heavy atom. The van der Waals surface area contributed by atoms with Crippen molar-refractivity contribution in [3.05, 3.63) is 35.9 Å². The Morgan fingerprint density at radius 2 is 2.00 bits per heavy atom. The predicted octanol–water partition coefficient (Wildman–Crippen LogP) is 3.49. The summed E-state index contributed by atoms with van der Waals surface area (Å²) in [6.45, 7) is 5.64. The van der Waals surface area contributed by atoms with Gasteiger partial charge in [-0.3, -0.25) is 4.79 Å². The second-order valence-electron chi connectivity index (χ2n) is 6.77. The van der Waals surface area contributed by atoms with E-state index in [1.807, 2.05) is 30.3 Å². The van der Waals surface area contributed by atoms with Crippen molar-refractivity contribution in [1.82, 2.24) is 5.32 Å². The van der Waals surface area contributed by atoms with Gasteiger partial charge in [0.15, 0.2) is 0 Å². The van der Waals surface area contributed by atoms with Gasteiger partial charge in [-0.2, -0.15) is 0 Å². The number of hydrogen-bond donors (Lipinski definition) is 1. The molecule has 1 aromatic rings. The molecule has 3 atom stereocenters. The van der Waals surface area contributed by atoms with E-state index in [9.17, 15) is 4.79 Å². The molecular formula is C17H23NO. The number of rotatable bonds is 3. The van der Waals surface area contributed by atoms with Crippen molar-refractivity contribution >= 4 is 5.91 Å².